The number of carboxylic acid groups (broad SMARTS) is 1. The fourth-order valence-electron chi connectivity index (χ4n) is 3.58. The normalized spacial score (nSPS) is 12.3. The van der Waals surface area contributed by atoms with E-state index in [1.807, 2.05) is 13.8 Å². The second kappa shape index (κ2) is 19.3. The molecule has 4 heteroatoms. The van der Waals surface area contributed by atoms with Gasteiger partial charge < -0.3 is 10.4 Å². The maximum Gasteiger partial charge on any atom is 0.308 e. The predicted molar refractivity (Wildman–Crippen MR) is 119 cm³/mol. The number of unbranched alkanes of at least 4 members (excludes halogenated alkanes) is 14. The summed E-state index contributed by atoms with van der Waals surface area (Å²) in [6.07, 6.45) is 20.2. The van der Waals surface area contributed by atoms with Crippen LogP contribution in [0.2, 0.25) is 0 Å². The Morgan fingerprint density at radius 1 is 0.714 bits per heavy atom. The topological polar surface area (TPSA) is 66.4 Å². The van der Waals surface area contributed by atoms with Gasteiger partial charge in [-0.25, -0.2) is 0 Å². The van der Waals surface area contributed by atoms with Gasteiger partial charge in [-0.15, -0.1) is 0 Å². The van der Waals surface area contributed by atoms with Gasteiger partial charge in [0.2, 0.25) is 5.91 Å². The van der Waals surface area contributed by atoms with E-state index in [-0.39, 0.29) is 18.4 Å². The van der Waals surface area contributed by atoms with Gasteiger partial charge in [0.25, 0.3) is 0 Å². The predicted octanol–water partition coefficient (Wildman–Crippen LogP) is 6.72. The summed E-state index contributed by atoms with van der Waals surface area (Å²) < 4.78 is 0. The van der Waals surface area contributed by atoms with Crippen molar-refractivity contribution >= 4 is 11.9 Å². The van der Waals surface area contributed by atoms with Crippen molar-refractivity contribution in [1.29, 1.82) is 0 Å². The minimum Gasteiger partial charge on any atom is -0.481 e. The highest BCUT2D eigenvalue weighted by Crippen LogP contribution is 2.14. The number of aliphatic carboxylic acids is 1. The third-order valence-electron chi connectivity index (χ3n) is 5.65. The van der Waals surface area contributed by atoms with Gasteiger partial charge in [0.15, 0.2) is 0 Å². The highest BCUT2D eigenvalue weighted by atomic mass is 16.4. The molecule has 0 aromatic carbocycles. The Hall–Kier alpha value is -1.06. The Kier molecular flexibility index (Phi) is 18.5. The molecule has 166 valence electrons. The van der Waals surface area contributed by atoms with Crippen molar-refractivity contribution in [2.75, 3.05) is 6.54 Å². The minimum atomic E-state index is -0.831. The third kappa shape index (κ3) is 17.1. The summed E-state index contributed by atoms with van der Waals surface area (Å²) >= 11 is 0. The molecule has 0 saturated carbocycles. The number of nitrogens with one attached hydrogen (secondary N) is 1. The lowest BCUT2D eigenvalue weighted by atomic mass is 9.96. The lowest BCUT2D eigenvalue weighted by Gasteiger charge is -2.16. The number of hydrogen-bond donors (Lipinski definition) is 2. The quantitative estimate of drug-likeness (QED) is 0.224. The maximum atomic E-state index is 11.8. The van der Waals surface area contributed by atoms with Crippen LogP contribution < -0.4 is 5.32 Å². The van der Waals surface area contributed by atoms with Gasteiger partial charge in [0.1, 0.15) is 0 Å². The Morgan fingerprint density at radius 3 is 1.46 bits per heavy atom. The van der Waals surface area contributed by atoms with E-state index in [9.17, 15) is 9.59 Å². The molecular formula is C24H47NO3. The average molecular weight is 398 g/mol. The van der Waals surface area contributed by atoms with Gasteiger partial charge >= 0.3 is 5.97 Å². The first-order valence-electron chi connectivity index (χ1n) is 12.0. The smallest absolute Gasteiger partial charge is 0.308 e. The number of hydrogen-bond acceptors (Lipinski definition) is 2. The Balaban J connectivity index is 3.34. The second-order valence-corrected chi connectivity index (χ2v) is 8.69. The Morgan fingerprint density at radius 2 is 1.11 bits per heavy atom. The summed E-state index contributed by atoms with van der Waals surface area (Å²) in [4.78, 5) is 22.9. The molecule has 0 spiro atoms. The molecule has 0 fully saturated rings. The number of amides is 1. The molecule has 0 radical (unpaired) electrons. The summed E-state index contributed by atoms with van der Waals surface area (Å²) in [5, 5.41) is 11.9. The zero-order valence-corrected chi connectivity index (χ0v) is 18.9. The molecule has 1 atom stereocenters. The first-order valence-corrected chi connectivity index (χ1v) is 12.0. The van der Waals surface area contributed by atoms with Gasteiger partial charge in [-0.2, -0.15) is 0 Å². The zero-order chi connectivity index (χ0) is 21.0. The van der Waals surface area contributed by atoms with Crippen molar-refractivity contribution < 1.29 is 14.7 Å². The SMILES string of the molecule is CCCCCCCCCCCCCCCCCC(=O)NCC(C(=O)O)C(C)C. The number of rotatable bonds is 20. The van der Waals surface area contributed by atoms with Crippen molar-refractivity contribution in [1.82, 2.24) is 5.32 Å². The van der Waals surface area contributed by atoms with Crippen LogP contribution in [0.4, 0.5) is 0 Å². The van der Waals surface area contributed by atoms with E-state index >= 15 is 0 Å². The third-order valence-corrected chi connectivity index (χ3v) is 5.65. The van der Waals surface area contributed by atoms with Crippen LogP contribution in [0.1, 0.15) is 124 Å². The first kappa shape index (κ1) is 26.9. The number of carboxylic acids is 1. The van der Waals surface area contributed by atoms with Gasteiger partial charge in [-0.3, -0.25) is 9.59 Å². The van der Waals surface area contributed by atoms with Gasteiger partial charge in [0.05, 0.1) is 5.92 Å². The maximum absolute atomic E-state index is 11.8. The highest BCUT2D eigenvalue weighted by Gasteiger charge is 2.21. The zero-order valence-electron chi connectivity index (χ0n) is 18.9. The fraction of sp³-hybridized carbons (Fsp3) is 0.917. The van der Waals surface area contributed by atoms with Crippen molar-refractivity contribution in [3.63, 3.8) is 0 Å². The number of carbonyl (C=O) groups excluding carboxylic acids is 1. The molecule has 0 aliphatic rings. The van der Waals surface area contributed by atoms with Crippen molar-refractivity contribution in [2.24, 2.45) is 11.8 Å². The van der Waals surface area contributed by atoms with Crippen LogP contribution in [0.3, 0.4) is 0 Å². The molecular weight excluding hydrogens is 350 g/mol. The molecule has 0 aromatic rings. The van der Waals surface area contributed by atoms with Crippen LogP contribution in [0.5, 0.6) is 0 Å². The van der Waals surface area contributed by atoms with E-state index in [1.54, 1.807) is 0 Å². The van der Waals surface area contributed by atoms with Crippen molar-refractivity contribution in [2.45, 2.75) is 124 Å². The van der Waals surface area contributed by atoms with Crippen LogP contribution in [0.25, 0.3) is 0 Å². The monoisotopic (exact) mass is 397 g/mol. The van der Waals surface area contributed by atoms with Gasteiger partial charge in [0, 0.05) is 13.0 Å². The Labute approximate surface area is 174 Å². The van der Waals surface area contributed by atoms with E-state index in [0.717, 1.165) is 12.8 Å². The molecule has 1 amide bonds. The molecule has 4 nitrogen and oxygen atoms in total. The van der Waals surface area contributed by atoms with Crippen LogP contribution in [-0.2, 0) is 9.59 Å². The summed E-state index contributed by atoms with van der Waals surface area (Å²) in [6, 6.07) is 0. The van der Waals surface area contributed by atoms with Crippen LogP contribution in [0.15, 0.2) is 0 Å². The highest BCUT2D eigenvalue weighted by molar-refractivity contribution is 5.77. The van der Waals surface area contributed by atoms with Crippen LogP contribution in [0, 0.1) is 11.8 Å². The van der Waals surface area contributed by atoms with Crippen molar-refractivity contribution in [3.8, 4) is 0 Å². The van der Waals surface area contributed by atoms with E-state index in [4.69, 9.17) is 5.11 Å². The van der Waals surface area contributed by atoms with Crippen molar-refractivity contribution in [3.05, 3.63) is 0 Å². The molecule has 0 aromatic heterocycles. The van der Waals surface area contributed by atoms with E-state index < -0.39 is 11.9 Å². The number of carbonyl (C=O) groups is 2. The standard InChI is InChI=1S/C24H47NO3/c1-4-5-6-7-8-9-10-11-12-13-14-15-16-17-18-19-23(26)25-20-22(21(2)3)24(27)28/h21-22H,4-20H2,1-3H3,(H,25,26)(H,27,28). The van der Waals surface area contributed by atoms with Crippen LogP contribution >= 0.6 is 0 Å². The molecule has 0 bridgehead atoms. The molecule has 1 unspecified atom stereocenters. The summed E-state index contributed by atoms with van der Waals surface area (Å²) in [7, 11) is 0. The summed E-state index contributed by atoms with van der Waals surface area (Å²) in [6.45, 7) is 6.26. The molecule has 28 heavy (non-hydrogen) atoms. The molecule has 0 aliphatic carbocycles. The van der Waals surface area contributed by atoms with E-state index in [2.05, 4.69) is 12.2 Å². The molecule has 0 heterocycles. The minimum absolute atomic E-state index is 0.0124. The Bertz CT molecular complexity index is 382. The molecule has 2 N–H and O–H groups in total. The molecule has 0 rings (SSSR count). The van der Waals surface area contributed by atoms with E-state index in [1.165, 1.54) is 83.5 Å². The van der Waals surface area contributed by atoms with E-state index in [0.29, 0.717) is 6.42 Å². The van der Waals surface area contributed by atoms with Gasteiger partial charge in [-0.1, -0.05) is 111 Å². The largest absolute Gasteiger partial charge is 0.481 e. The molecule has 0 aliphatic heterocycles. The summed E-state index contributed by atoms with van der Waals surface area (Å²) in [5.41, 5.74) is 0. The lowest BCUT2D eigenvalue weighted by molar-refractivity contribution is -0.143. The lowest BCUT2D eigenvalue weighted by Crippen LogP contribution is -2.35. The molecule has 0 saturated heterocycles. The van der Waals surface area contributed by atoms with Gasteiger partial charge in [-0.05, 0) is 12.3 Å². The first-order chi connectivity index (χ1) is 13.5. The second-order valence-electron chi connectivity index (χ2n) is 8.69. The fourth-order valence-corrected chi connectivity index (χ4v) is 3.58. The summed E-state index contributed by atoms with van der Waals surface area (Å²) in [5.74, 6) is -1.31. The average Bonchev–Trinajstić information content (AvgIpc) is 2.64. The van der Waals surface area contributed by atoms with Crippen LogP contribution in [-0.4, -0.2) is 23.5 Å².